The number of aryl methyl sites for hydroxylation is 2. The number of aromatic nitrogens is 2. The minimum atomic E-state index is -0.212. The average molecular weight is 261 g/mol. The molecule has 0 fully saturated rings. The summed E-state index contributed by atoms with van der Waals surface area (Å²) >= 11 is 6.21. The van der Waals surface area contributed by atoms with E-state index in [1.165, 1.54) is 6.08 Å². The molecule has 0 saturated carbocycles. The Morgan fingerprint density at radius 3 is 2.50 bits per heavy atom. The van der Waals surface area contributed by atoms with E-state index in [9.17, 15) is 4.79 Å². The van der Waals surface area contributed by atoms with Crippen LogP contribution in [0.25, 0.3) is 5.69 Å². The summed E-state index contributed by atoms with van der Waals surface area (Å²) in [5.74, 6) is -0.212. The minimum Gasteiger partial charge on any atom is -0.289 e. The number of nitrogens with zero attached hydrogens (tertiary/aromatic N) is 2. The molecule has 1 heterocycles. The molecule has 0 amide bonds. The zero-order valence-electron chi connectivity index (χ0n) is 10.3. The highest BCUT2D eigenvalue weighted by Crippen LogP contribution is 2.24. The van der Waals surface area contributed by atoms with Crippen molar-refractivity contribution >= 4 is 17.4 Å². The predicted molar refractivity (Wildman–Crippen MR) is 72.6 cm³/mol. The van der Waals surface area contributed by atoms with Crippen molar-refractivity contribution in [3.63, 3.8) is 0 Å². The molecule has 0 unspecified atom stereocenters. The molecule has 2 rings (SSSR count). The van der Waals surface area contributed by atoms with Crippen molar-refractivity contribution in [1.29, 1.82) is 0 Å². The van der Waals surface area contributed by atoms with Gasteiger partial charge in [0.05, 0.1) is 16.9 Å². The zero-order valence-corrected chi connectivity index (χ0v) is 11.0. The molecule has 3 nitrogen and oxygen atoms in total. The van der Waals surface area contributed by atoms with Gasteiger partial charge in [0.15, 0.2) is 5.78 Å². The minimum absolute atomic E-state index is 0.212. The van der Waals surface area contributed by atoms with Crippen LogP contribution in [0, 0.1) is 13.8 Å². The van der Waals surface area contributed by atoms with E-state index >= 15 is 0 Å². The monoisotopic (exact) mass is 260 g/mol. The van der Waals surface area contributed by atoms with E-state index < -0.39 is 0 Å². The third-order valence-electron chi connectivity index (χ3n) is 2.71. The fourth-order valence-corrected chi connectivity index (χ4v) is 2.10. The highest BCUT2D eigenvalue weighted by atomic mass is 35.5. The van der Waals surface area contributed by atoms with Gasteiger partial charge in [0.25, 0.3) is 0 Å². The van der Waals surface area contributed by atoms with Crippen molar-refractivity contribution in [2.75, 3.05) is 0 Å². The molecule has 0 aliphatic heterocycles. The van der Waals surface area contributed by atoms with Gasteiger partial charge in [-0.3, -0.25) is 4.79 Å². The van der Waals surface area contributed by atoms with Crippen LogP contribution in [-0.2, 0) is 0 Å². The number of halogens is 1. The molecule has 0 N–H and O–H groups in total. The van der Waals surface area contributed by atoms with Crippen LogP contribution < -0.4 is 0 Å². The number of carbonyl (C=O) groups is 1. The van der Waals surface area contributed by atoms with Gasteiger partial charge in [-0.1, -0.05) is 35.9 Å². The third kappa shape index (κ3) is 2.09. The Balaban J connectivity index is 2.57. The van der Waals surface area contributed by atoms with Crippen LogP contribution in [0.3, 0.4) is 0 Å². The van der Waals surface area contributed by atoms with Crippen molar-refractivity contribution in [3.05, 3.63) is 58.9 Å². The summed E-state index contributed by atoms with van der Waals surface area (Å²) < 4.78 is 1.56. The molecule has 4 heteroatoms. The number of rotatable bonds is 3. The lowest BCUT2D eigenvalue weighted by Crippen LogP contribution is -1.98. The topological polar surface area (TPSA) is 34.9 Å². The van der Waals surface area contributed by atoms with Gasteiger partial charge in [0.1, 0.15) is 5.15 Å². The Morgan fingerprint density at radius 2 is 1.94 bits per heavy atom. The molecule has 0 aliphatic carbocycles. The van der Waals surface area contributed by atoms with Gasteiger partial charge in [0.2, 0.25) is 0 Å². The zero-order chi connectivity index (χ0) is 13.3. The van der Waals surface area contributed by atoms with E-state index in [-0.39, 0.29) is 5.78 Å². The van der Waals surface area contributed by atoms with Crippen LogP contribution in [0.4, 0.5) is 0 Å². The van der Waals surface area contributed by atoms with Crippen molar-refractivity contribution < 1.29 is 4.79 Å². The highest BCUT2D eigenvalue weighted by molar-refractivity contribution is 6.34. The van der Waals surface area contributed by atoms with Crippen molar-refractivity contribution in [3.8, 4) is 5.69 Å². The molecule has 18 heavy (non-hydrogen) atoms. The lowest BCUT2D eigenvalue weighted by atomic mass is 10.2. The molecule has 1 aromatic carbocycles. The van der Waals surface area contributed by atoms with Crippen molar-refractivity contribution in [1.82, 2.24) is 9.78 Å². The van der Waals surface area contributed by atoms with Crippen LogP contribution in [0.2, 0.25) is 5.15 Å². The number of benzene rings is 1. The van der Waals surface area contributed by atoms with Gasteiger partial charge >= 0.3 is 0 Å². The molecule has 0 bridgehead atoms. The Kier molecular flexibility index (Phi) is 3.34. The summed E-state index contributed by atoms with van der Waals surface area (Å²) in [7, 11) is 0. The lowest BCUT2D eigenvalue weighted by molar-refractivity contribution is 0.104. The molecule has 92 valence electrons. The number of hydrogen-bond donors (Lipinski definition) is 0. The summed E-state index contributed by atoms with van der Waals surface area (Å²) in [6.45, 7) is 7.23. The van der Waals surface area contributed by atoms with Crippen LogP contribution in [0.15, 0.2) is 36.9 Å². The normalized spacial score (nSPS) is 10.4. The maximum absolute atomic E-state index is 11.7. The number of allylic oxidation sites excluding steroid dienone is 1. The summed E-state index contributed by atoms with van der Waals surface area (Å²) in [6, 6.07) is 7.76. The molecule has 0 radical (unpaired) electrons. The van der Waals surface area contributed by atoms with Crippen LogP contribution >= 0.6 is 11.6 Å². The maximum atomic E-state index is 11.7. The Labute approximate surface area is 111 Å². The second-order valence-corrected chi connectivity index (χ2v) is 4.42. The fourth-order valence-electron chi connectivity index (χ4n) is 1.74. The van der Waals surface area contributed by atoms with E-state index in [2.05, 4.69) is 11.7 Å². The standard InChI is InChI=1S/C14H13ClN2O/c1-4-12(18)13-10(3)16-17(14(13)15)11-7-5-9(2)6-8-11/h4-8H,1H2,2-3H3. The fraction of sp³-hybridized carbons (Fsp3) is 0.143. The van der Waals surface area contributed by atoms with E-state index in [0.717, 1.165) is 11.3 Å². The molecular weight excluding hydrogens is 248 g/mol. The quantitative estimate of drug-likeness (QED) is 0.625. The largest absolute Gasteiger partial charge is 0.289 e. The first-order valence-corrected chi connectivity index (χ1v) is 5.91. The van der Waals surface area contributed by atoms with Crippen LogP contribution in [-0.4, -0.2) is 15.6 Å². The van der Waals surface area contributed by atoms with Crippen molar-refractivity contribution in [2.24, 2.45) is 0 Å². The SMILES string of the molecule is C=CC(=O)c1c(C)nn(-c2ccc(C)cc2)c1Cl. The van der Waals surface area contributed by atoms with Gasteiger partial charge < -0.3 is 0 Å². The van der Waals surface area contributed by atoms with Crippen LogP contribution in [0.1, 0.15) is 21.6 Å². The molecule has 0 atom stereocenters. The molecule has 2 aromatic rings. The first-order valence-electron chi connectivity index (χ1n) is 5.53. The number of carbonyl (C=O) groups excluding carboxylic acids is 1. The summed E-state index contributed by atoms with van der Waals surface area (Å²) in [4.78, 5) is 11.7. The van der Waals surface area contributed by atoms with Gasteiger partial charge in [-0.05, 0) is 32.1 Å². The summed E-state index contributed by atoms with van der Waals surface area (Å²) in [5, 5.41) is 4.62. The lowest BCUT2D eigenvalue weighted by Gasteiger charge is -2.03. The first kappa shape index (κ1) is 12.6. The van der Waals surface area contributed by atoms with E-state index in [1.54, 1.807) is 11.6 Å². The van der Waals surface area contributed by atoms with Gasteiger partial charge in [-0.25, -0.2) is 4.68 Å². The molecule has 0 spiro atoms. The third-order valence-corrected chi connectivity index (χ3v) is 3.06. The summed E-state index contributed by atoms with van der Waals surface area (Å²) in [6.07, 6.45) is 1.25. The van der Waals surface area contributed by atoms with E-state index in [4.69, 9.17) is 11.6 Å². The number of hydrogen-bond acceptors (Lipinski definition) is 2. The molecule has 1 aromatic heterocycles. The van der Waals surface area contributed by atoms with Crippen LogP contribution in [0.5, 0.6) is 0 Å². The second kappa shape index (κ2) is 4.78. The Morgan fingerprint density at radius 1 is 1.33 bits per heavy atom. The van der Waals surface area contributed by atoms with Gasteiger partial charge in [-0.15, -0.1) is 0 Å². The predicted octanol–water partition coefficient (Wildman–Crippen LogP) is 3.51. The first-order chi connectivity index (χ1) is 8.54. The van der Waals surface area contributed by atoms with E-state index in [1.807, 2.05) is 31.2 Å². The van der Waals surface area contributed by atoms with E-state index in [0.29, 0.717) is 16.4 Å². The smallest absolute Gasteiger partial charge is 0.190 e. The molecule has 0 saturated heterocycles. The van der Waals surface area contributed by atoms with Gasteiger partial charge in [-0.2, -0.15) is 5.10 Å². The van der Waals surface area contributed by atoms with Crippen molar-refractivity contribution in [2.45, 2.75) is 13.8 Å². The average Bonchev–Trinajstić information content (AvgIpc) is 2.65. The second-order valence-electron chi connectivity index (χ2n) is 4.07. The molecule has 0 aliphatic rings. The highest BCUT2D eigenvalue weighted by Gasteiger charge is 2.18. The summed E-state index contributed by atoms with van der Waals surface area (Å²) in [5.41, 5.74) is 3.00. The maximum Gasteiger partial charge on any atom is 0.190 e. The molecular formula is C14H13ClN2O. The Bertz CT molecular complexity index is 611. The van der Waals surface area contributed by atoms with Gasteiger partial charge in [0, 0.05) is 0 Å². The Hall–Kier alpha value is -1.87. The number of ketones is 1.